The molecular formula is C17H20N2O4S. The van der Waals surface area contributed by atoms with E-state index >= 15 is 0 Å². The zero-order chi connectivity index (χ0) is 17.7. The van der Waals surface area contributed by atoms with Crippen LogP contribution in [0.4, 0.5) is 0 Å². The molecule has 0 aliphatic rings. The first-order valence-corrected chi connectivity index (χ1v) is 8.96. The van der Waals surface area contributed by atoms with Gasteiger partial charge in [0.25, 0.3) is 5.91 Å². The number of aryl methyl sites for hydroxylation is 1. The molecule has 0 fully saturated rings. The summed E-state index contributed by atoms with van der Waals surface area (Å²) in [7, 11) is -2.20. The number of hydrogen-bond donors (Lipinski definition) is 2. The van der Waals surface area contributed by atoms with Gasteiger partial charge in [-0.05, 0) is 41.8 Å². The first kappa shape index (κ1) is 18.0. The molecule has 2 aromatic rings. The molecule has 2 rings (SSSR count). The predicted octanol–water partition coefficient (Wildman–Crippen LogP) is 1.84. The standard InChI is InChI=1S/C17H20N2O4S/c1-3-12-6-9-16(23-2)15(10-12)17(20)19-11-13-4-7-14(8-5-13)24(18,21)22/h4-10H,3,11H2,1-2H3,(H,19,20)(H2,18,21,22). The van der Waals surface area contributed by atoms with E-state index in [2.05, 4.69) is 5.32 Å². The fourth-order valence-corrected chi connectivity index (χ4v) is 2.74. The molecule has 0 aliphatic heterocycles. The summed E-state index contributed by atoms with van der Waals surface area (Å²) in [5, 5.41) is 7.85. The molecule has 3 N–H and O–H groups in total. The van der Waals surface area contributed by atoms with Gasteiger partial charge in [-0.2, -0.15) is 0 Å². The molecule has 2 aromatic carbocycles. The Morgan fingerprint density at radius 1 is 1.12 bits per heavy atom. The maximum atomic E-state index is 12.4. The highest BCUT2D eigenvalue weighted by molar-refractivity contribution is 7.89. The lowest BCUT2D eigenvalue weighted by atomic mass is 10.1. The molecule has 0 saturated carbocycles. The number of carbonyl (C=O) groups excluding carboxylic acids is 1. The quantitative estimate of drug-likeness (QED) is 0.832. The molecule has 0 bridgehead atoms. The number of amides is 1. The second kappa shape index (κ2) is 7.46. The van der Waals surface area contributed by atoms with Crippen molar-refractivity contribution >= 4 is 15.9 Å². The van der Waals surface area contributed by atoms with Crippen LogP contribution in [-0.4, -0.2) is 21.4 Å². The lowest BCUT2D eigenvalue weighted by Crippen LogP contribution is -2.23. The van der Waals surface area contributed by atoms with Crippen LogP contribution in [0.2, 0.25) is 0 Å². The van der Waals surface area contributed by atoms with Gasteiger partial charge in [0.15, 0.2) is 0 Å². The molecule has 0 aliphatic carbocycles. The van der Waals surface area contributed by atoms with Gasteiger partial charge in [-0.15, -0.1) is 0 Å². The predicted molar refractivity (Wildman–Crippen MR) is 91.4 cm³/mol. The summed E-state index contributed by atoms with van der Waals surface area (Å²) in [6.07, 6.45) is 0.819. The van der Waals surface area contributed by atoms with E-state index in [1.807, 2.05) is 13.0 Å². The van der Waals surface area contributed by atoms with Gasteiger partial charge in [-0.25, -0.2) is 13.6 Å². The molecule has 128 valence electrons. The molecular weight excluding hydrogens is 328 g/mol. The number of ether oxygens (including phenoxy) is 1. The molecule has 6 nitrogen and oxygen atoms in total. The zero-order valence-corrected chi connectivity index (χ0v) is 14.4. The third kappa shape index (κ3) is 4.33. The molecule has 7 heteroatoms. The minimum absolute atomic E-state index is 0.0369. The highest BCUT2D eigenvalue weighted by Gasteiger charge is 2.13. The Morgan fingerprint density at radius 2 is 1.75 bits per heavy atom. The van der Waals surface area contributed by atoms with Crippen molar-refractivity contribution in [1.29, 1.82) is 0 Å². The van der Waals surface area contributed by atoms with E-state index in [1.54, 1.807) is 24.3 Å². The Labute approximate surface area is 141 Å². The van der Waals surface area contributed by atoms with Crippen molar-refractivity contribution in [3.63, 3.8) is 0 Å². The van der Waals surface area contributed by atoms with Crippen LogP contribution in [0.1, 0.15) is 28.4 Å². The van der Waals surface area contributed by atoms with Gasteiger partial charge in [0.1, 0.15) is 5.75 Å². The van der Waals surface area contributed by atoms with Crippen LogP contribution >= 0.6 is 0 Å². The summed E-state index contributed by atoms with van der Waals surface area (Å²) in [5.74, 6) is 0.256. The van der Waals surface area contributed by atoms with E-state index < -0.39 is 10.0 Å². The maximum Gasteiger partial charge on any atom is 0.255 e. The number of nitrogens with two attached hydrogens (primary N) is 1. The van der Waals surface area contributed by atoms with Crippen LogP contribution < -0.4 is 15.2 Å². The van der Waals surface area contributed by atoms with E-state index in [0.717, 1.165) is 17.5 Å². The van der Waals surface area contributed by atoms with Crippen LogP contribution in [0.5, 0.6) is 5.75 Å². The second-order valence-corrected chi connectivity index (χ2v) is 6.82. The number of carbonyl (C=O) groups is 1. The molecule has 0 spiro atoms. The fourth-order valence-electron chi connectivity index (χ4n) is 2.23. The molecule has 0 atom stereocenters. The van der Waals surface area contributed by atoms with Crippen molar-refractivity contribution in [3.8, 4) is 5.75 Å². The van der Waals surface area contributed by atoms with Gasteiger partial charge in [0.2, 0.25) is 10.0 Å². The number of hydrogen-bond acceptors (Lipinski definition) is 4. The Hall–Kier alpha value is -2.38. The van der Waals surface area contributed by atoms with Crippen LogP contribution in [-0.2, 0) is 23.0 Å². The van der Waals surface area contributed by atoms with Gasteiger partial charge >= 0.3 is 0 Å². The van der Waals surface area contributed by atoms with Crippen molar-refractivity contribution in [2.75, 3.05) is 7.11 Å². The summed E-state index contributed by atoms with van der Waals surface area (Å²) in [5.41, 5.74) is 2.28. The third-order valence-corrected chi connectivity index (χ3v) is 4.55. The highest BCUT2D eigenvalue weighted by Crippen LogP contribution is 2.20. The molecule has 0 heterocycles. The summed E-state index contributed by atoms with van der Waals surface area (Å²) in [4.78, 5) is 12.4. The highest BCUT2D eigenvalue weighted by atomic mass is 32.2. The molecule has 0 saturated heterocycles. The fraction of sp³-hybridized carbons (Fsp3) is 0.235. The number of primary sulfonamides is 1. The van der Waals surface area contributed by atoms with Crippen molar-refractivity contribution in [3.05, 3.63) is 59.2 Å². The SMILES string of the molecule is CCc1ccc(OC)c(C(=O)NCc2ccc(S(N)(=O)=O)cc2)c1. The second-order valence-electron chi connectivity index (χ2n) is 5.26. The average molecular weight is 348 g/mol. The Morgan fingerprint density at radius 3 is 2.29 bits per heavy atom. The van der Waals surface area contributed by atoms with E-state index in [1.165, 1.54) is 19.2 Å². The van der Waals surface area contributed by atoms with Crippen molar-refractivity contribution < 1.29 is 17.9 Å². The Kier molecular flexibility index (Phi) is 5.58. The number of sulfonamides is 1. The third-order valence-electron chi connectivity index (χ3n) is 3.62. The average Bonchev–Trinajstić information content (AvgIpc) is 2.58. The molecule has 24 heavy (non-hydrogen) atoms. The van der Waals surface area contributed by atoms with E-state index in [-0.39, 0.29) is 17.3 Å². The van der Waals surface area contributed by atoms with Gasteiger partial charge in [-0.3, -0.25) is 4.79 Å². The number of benzene rings is 2. The van der Waals surface area contributed by atoms with E-state index in [9.17, 15) is 13.2 Å². The van der Waals surface area contributed by atoms with Crippen LogP contribution in [0.15, 0.2) is 47.4 Å². The van der Waals surface area contributed by atoms with Crippen molar-refractivity contribution in [1.82, 2.24) is 5.32 Å². The Bertz CT molecular complexity index is 830. The van der Waals surface area contributed by atoms with Gasteiger partial charge < -0.3 is 10.1 Å². The number of nitrogens with one attached hydrogen (secondary N) is 1. The smallest absolute Gasteiger partial charge is 0.255 e. The lowest BCUT2D eigenvalue weighted by Gasteiger charge is -2.11. The van der Waals surface area contributed by atoms with Gasteiger partial charge in [0, 0.05) is 6.54 Å². The monoisotopic (exact) mass is 348 g/mol. The first-order chi connectivity index (χ1) is 11.3. The largest absolute Gasteiger partial charge is 0.496 e. The summed E-state index contributed by atoms with van der Waals surface area (Å²) in [6.45, 7) is 2.28. The van der Waals surface area contributed by atoms with Crippen LogP contribution in [0.25, 0.3) is 0 Å². The lowest BCUT2D eigenvalue weighted by molar-refractivity contribution is 0.0947. The van der Waals surface area contributed by atoms with Crippen LogP contribution in [0, 0.1) is 0 Å². The number of methoxy groups -OCH3 is 1. The summed E-state index contributed by atoms with van der Waals surface area (Å²) in [6, 6.07) is 11.5. The first-order valence-electron chi connectivity index (χ1n) is 7.42. The normalized spacial score (nSPS) is 11.1. The molecule has 0 unspecified atom stereocenters. The molecule has 0 radical (unpaired) electrons. The topological polar surface area (TPSA) is 98.5 Å². The molecule has 1 amide bonds. The van der Waals surface area contributed by atoms with Crippen LogP contribution in [0.3, 0.4) is 0 Å². The minimum Gasteiger partial charge on any atom is -0.496 e. The minimum atomic E-state index is -3.71. The van der Waals surface area contributed by atoms with Crippen molar-refractivity contribution in [2.45, 2.75) is 24.8 Å². The van der Waals surface area contributed by atoms with E-state index in [4.69, 9.17) is 9.88 Å². The van der Waals surface area contributed by atoms with Crippen molar-refractivity contribution in [2.24, 2.45) is 5.14 Å². The van der Waals surface area contributed by atoms with E-state index in [0.29, 0.717) is 11.3 Å². The number of rotatable bonds is 6. The summed E-state index contributed by atoms with van der Waals surface area (Å²) >= 11 is 0. The van der Waals surface area contributed by atoms with Gasteiger partial charge in [0.05, 0.1) is 17.6 Å². The zero-order valence-electron chi connectivity index (χ0n) is 13.6. The Balaban J connectivity index is 2.11. The van der Waals surface area contributed by atoms with Gasteiger partial charge in [-0.1, -0.05) is 25.1 Å². The maximum absolute atomic E-state index is 12.4. The summed E-state index contributed by atoms with van der Waals surface area (Å²) < 4.78 is 27.7. The molecule has 0 aromatic heterocycles.